The average molecular weight is 452 g/mol. The zero-order valence-electron chi connectivity index (χ0n) is 17.0. The van der Waals surface area contributed by atoms with Crippen LogP contribution in [0.25, 0.3) is 0 Å². The van der Waals surface area contributed by atoms with Crippen LogP contribution in [0.4, 0.5) is 0 Å². The van der Waals surface area contributed by atoms with Crippen molar-refractivity contribution < 1.29 is 24.3 Å². The summed E-state index contributed by atoms with van der Waals surface area (Å²) in [5, 5.41) is 14.3. The standard InChI is InChI=1S/C22H20N4O5S/c1-12-11-32-21-16(20(29)26(21)17(12)22(30)31)25-19(28)15(13-6-3-2-4-7-13)24-18(27)14-8-5-9-23-10-14/h2-10,15-16,21H,11H2,1H3,(H,24,27)(H,25,28)(H,30,31)/t15-,16?,21-/m1/s1. The molecule has 1 unspecified atom stereocenters. The fourth-order valence-corrected chi connectivity index (χ4v) is 4.96. The van der Waals surface area contributed by atoms with Crippen LogP contribution in [0.3, 0.4) is 0 Å². The number of carbonyl (C=O) groups is 4. The summed E-state index contributed by atoms with van der Waals surface area (Å²) in [5.74, 6) is -2.25. The van der Waals surface area contributed by atoms with Gasteiger partial charge in [-0.05, 0) is 30.2 Å². The lowest BCUT2D eigenvalue weighted by Gasteiger charge is -2.49. The van der Waals surface area contributed by atoms with E-state index in [-0.39, 0.29) is 5.70 Å². The Morgan fingerprint density at radius 3 is 2.59 bits per heavy atom. The van der Waals surface area contributed by atoms with Gasteiger partial charge in [0.25, 0.3) is 11.8 Å². The molecule has 164 valence electrons. The van der Waals surface area contributed by atoms with Gasteiger partial charge in [-0.2, -0.15) is 0 Å². The van der Waals surface area contributed by atoms with Crippen LogP contribution in [-0.2, 0) is 14.4 Å². The van der Waals surface area contributed by atoms with Gasteiger partial charge in [-0.1, -0.05) is 30.3 Å². The minimum atomic E-state index is -1.17. The molecule has 1 aromatic heterocycles. The zero-order valence-corrected chi connectivity index (χ0v) is 17.8. The number of benzene rings is 1. The second-order valence-corrected chi connectivity index (χ2v) is 8.49. The highest BCUT2D eigenvalue weighted by atomic mass is 32.2. The third-order valence-corrected chi connectivity index (χ3v) is 6.68. The van der Waals surface area contributed by atoms with Gasteiger partial charge in [-0.25, -0.2) is 4.79 Å². The van der Waals surface area contributed by atoms with Crippen LogP contribution in [0, 0.1) is 0 Å². The molecular formula is C22H20N4O5S. The van der Waals surface area contributed by atoms with Gasteiger partial charge in [0.1, 0.15) is 23.2 Å². The Hall–Kier alpha value is -3.66. The molecule has 2 aromatic rings. The summed E-state index contributed by atoms with van der Waals surface area (Å²) in [5.41, 5.74) is 1.40. The molecular weight excluding hydrogens is 432 g/mol. The van der Waals surface area contributed by atoms with Crippen molar-refractivity contribution in [2.45, 2.75) is 24.4 Å². The summed E-state index contributed by atoms with van der Waals surface area (Å²) in [7, 11) is 0. The molecule has 2 aliphatic heterocycles. The van der Waals surface area contributed by atoms with Crippen molar-refractivity contribution in [2.24, 2.45) is 0 Å². The van der Waals surface area contributed by atoms with E-state index in [1.807, 2.05) is 0 Å². The van der Waals surface area contributed by atoms with Crippen LogP contribution in [0.2, 0.25) is 0 Å². The van der Waals surface area contributed by atoms with Crippen molar-refractivity contribution in [2.75, 3.05) is 5.75 Å². The molecule has 9 nitrogen and oxygen atoms in total. The summed E-state index contributed by atoms with van der Waals surface area (Å²) in [6, 6.07) is 9.94. The van der Waals surface area contributed by atoms with Crippen molar-refractivity contribution >= 4 is 35.5 Å². The molecule has 32 heavy (non-hydrogen) atoms. The Morgan fingerprint density at radius 1 is 1.19 bits per heavy atom. The third kappa shape index (κ3) is 3.96. The number of rotatable bonds is 6. The number of β-lactam (4-membered cyclic amide) rings is 1. The number of thioether (sulfide) groups is 1. The maximum Gasteiger partial charge on any atom is 0.352 e. The van der Waals surface area contributed by atoms with Crippen molar-refractivity contribution in [1.29, 1.82) is 0 Å². The van der Waals surface area contributed by atoms with Crippen molar-refractivity contribution in [1.82, 2.24) is 20.5 Å². The van der Waals surface area contributed by atoms with Gasteiger partial charge in [0, 0.05) is 18.1 Å². The molecule has 1 fully saturated rings. The van der Waals surface area contributed by atoms with Crippen LogP contribution in [0.1, 0.15) is 28.9 Å². The number of nitrogens with zero attached hydrogens (tertiary/aromatic N) is 2. The largest absolute Gasteiger partial charge is 0.477 e. The van der Waals surface area contributed by atoms with E-state index in [1.165, 1.54) is 29.1 Å². The lowest BCUT2D eigenvalue weighted by Crippen LogP contribution is -2.71. The smallest absolute Gasteiger partial charge is 0.352 e. The quantitative estimate of drug-likeness (QED) is 0.564. The highest BCUT2D eigenvalue weighted by molar-refractivity contribution is 8.00. The summed E-state index contributed by atoms with van der Waals surface area (Å²) < 4.78 is 0. The first-order valence-electron chi connectivity index (χ1n) is 9.82. The van der Waals surface area contributed by atoms with Gasteiger partial charge in [0.05, 0.1) is 5.56 Å². The minimum absolute atomic E-state index is 0.0336. The Balaban J connectivity index is 1.53. The van der Waals surface area contributed by atoms with Crippen LogP contribution in [0.15, 0.2) is 66.1 Å². The van der Waals surface area contributed by atoms with Crippen molar-refractivity contribution in [3.8, 4) is 0 Å². The molecule has 3 amide bonds. The Labute approximate surface area is 187 Å². The number of hydrogen-bond donors (Lipinski definition) is 3. The number of nitrogens with one attached hydrogen (secondary N) is 2. The predicted molar refractivity (Wildman–Crippen MR) is 116 cm³/mol. The predicted octanol–water partition coefficient (Wildman–Crippen LogP) is 1.31. The minimum Gasteiger partial charge on any atom is -0.477 e. The van der Waals surface area contributed by atoms with Gasteiger partial charge >= 0.3 is 5.97 Å². The second-order valence-electron chi connectivity index (χ2n) is 7.39. The number of hydrogen-bond acceptors (Lipinski definition) is 6. The first-order chi connectivity index (χ1) is 15.4. The van der Waals surface area contributed by atoms with E-state index in [2.05, 4.69) is 15.6 Å². The lowest BCUT2D eigenvalue weighted by atomic mass is 10.0. The number of aliphatic carboxylic acids is 1. The number of fused-ring (bicyclic) bond motifs is 1. The third-order valence-electron chi connectivity index (χ3n) is 5.25. The molecule has 3 atom stereocenters. The van der Waals surface area contributed by atoms with Gasteiger partial charge in [-0.15, -0.1) is 11.8 Å². The molecule has 0 saturated carbocycles. The fraction of sp³-hybridized carbons (Fsp3) is 0.227. The van der Waals surface area contributed by atoms with Crippen LogP contribution >= 0.6 is 11.8 Å². The summed E-state index contributed by atoms with van der Waals surface area (Å²) in [4.78, 5) is 55.2. The van der Waals surface area contributed by atoms with E-state index in [4.69, 9.17) is 0 Å². The number of pyridine rings is 1. The highest BCUT2D eigenvalue weighted by Gasteiger charge is 2.54. The number of amides is 3. The van der Waals surface area contributed by atoms with Crippen LogP contribution in [0.5, 0.6) is 0 Å². The molecule has 4 rings (SSSR count). The highest BCUT2D eigenvalue weighted by Crippen LogP contribution is 2.40. The Bertz CT molecular complexity index is 1110. The van der Waals surface area contributed by atoms with E-state index in [1.54, 1.807) is 49.4 Å². The molecule has 3 N–H and O–H groups in total. The Morgan fingerprint density at radius 2 is 1.94 bits per heavy atom. The van der Waals surface area contributed by atoms with E-state index < -0.39 is 41.1 Å². The van der Waals surface area contributed by atoms with E-state index in [0.29, 0.717) is 22.5 Å². The summed E-state index contributed by atoms with van der Waals surface area (Å²) in [6.07, 6.45) is 2.93. The van der Waals surface area contributed by atoms with E-state index in [9.17, 15) is 24.3 Å². The molecule has 0 aliphatic carbocycles. The van der Waals surface area contributed by atoms with Crippen molar-refractivity contribution in [3.63, 3.8) is 0 Å². The van der Waals surface area contributed by atoms with E-state index in [0.717, 1.165) is 0 Å². The first-order valence-corrected chi connectivity index (χ1v) is 10.9. The van der Waals surface area contributed by atoms with Gasteiger partial charge in [-0.3, -0.25) is 24.3 Å². The first kappa shape index (κ1) is 21.6. The monoisotopic (exact) mass is 452 g/mol. The molecule has 0 bridgehead atoms. The SMILES string of the molecule is CC1=C(C(=O)O)N2C(=O)C(NC(=O)[C@H](NC(=O)c3cccnc3)c3ccccc3)[C@H]2SC1. The molecule has 1 saturated heterocycles. The summed E-state index contributed by atoms with van der Waals surface area (Å²) in [6.45, 7) is 1.67. The van der Waals surface area contributed by atoms with Crippen molar-refractivity contribution in [3.05, 3.63) is 77.3 Å². The normalized spacial score (nSPS) is 20.7. The number of carboxylic acid groups (broad SMARTS) is 1. The average Bonchev–Trinajstić information content (AvgIpc) is 2.81. The number of aromatic nitrogens is 1. The molecule has 1 aromatic carbocycles. The van der Waals surface area contributed by atoms with Crippen LogP contribution in [-0.4, -0.2) is 55.8 Å². The lowest BCUT2D eigenvalue weighted by molar-refractivity contribution is -0.151. The molecule has 0 spiro atoms. The summed E-state index contributed by atoms with van der Waals surface area (Å²) >= 11 is 1.39. The fourth-order valence-electron chi connectivity index (χ4n) is 3.67. The zero-order chi connectivity index (χ0) is 22.8. The Kier molecular flexibility index (Phi) is 5.95. The van der Waals surface area contributed by atoms with Crippen LogP contribution < -0.4 is 10.6 Å². The molecule has 10 heteroatoms. The molecule has 0 radical (unpaired) electrons. The van der Waals surface area contributed by atoms with Gasteiger partial charge in [0.15, 0.2) is 0 Å². The second kappa shape index (κ2) is 8.83. The van der Waals surface area contributed by atoms with Gasteiger partial charge in [0.2, 0.25) is 5.91 Å². The maximum absolute atomic E-state index is 13.2. The molecule has 2 aliphatic rings. The topological polar surface area (TPSA) is 129 Å². The maximum atomic E-state index is 13.2. The molecule has 3 heterocycles. The number of carbonyl (C=O) groups excluding carboxylic acids is 3. The number of carboxylic acids is 1. The van der Waals surface area contributed by atoms with E-state index >= 15 is 0 Å². The van der Waals surface area contributed by atoms with Gasteiger partial charge < -0.3 is 15.7 Å².